The number of allylic oxidation sites excluding steroid dienone is 1. The average Bonchev–Trinajstić information content (AvgIpc) is 3.20. The van der Waals surface area contributed by atoms with Crippen molar-refractivity contribution >= 4 is 11.9 Å². The van der Waals surface area contributed by atoms with Gasteiger partial charge >= 0.3 is 0 Å². The van der Waals surface area contributed by atoms with Gasteiger partial charge in [0.25, 0.3) is 0 Å². The van der Waals surface area contributed by atoms with E-state index in [0.717, 1.165) is 52.3 Å². The molecule has 35 heavy (non-hydrogen) atoms. The molecule has 0 aromatic heterocycles. The van der Waals surface area contributed by atoms with Gasteiger partial charge in [0.05, 0.1) is 25.3 Å². The van der Waals surface area contributed by atoms with E-state index >= 15 is 0 Å². The number of aryl methyl sites for hydroxylation is 2. The largest absolute Gasteiger partial charge is 0.493 e. The lowest BCUT2D eigenvalue weighted by Gasteiger charge is -2.30. The van der Waals surface area contributed by atoms with Crippen molar-refractivity contribution in [1.29, 1.82) is 0 Å². The first kappa shape index (κ1) is 23.0. The maximum absolute atomic E-state index is 13.3. The molecule has 0 fully saturated rings. The molecule has 6 heteroatoms. The Morgan fingerprint density at radius 2 is 1.80 bits per heavy atom. The Kier molecular flexibility index (Phi) is 6.22. The second kappa shape index (κ2) is 9.47. The SMILES string of the molecule is COc1ccc(CCN2COc3cc(C)c4c(c3C2)O/C(=C/c2ccccc2C)C4=O)cc1OC. The van der Waals surface area contributed by atoms with Crippen molar-refractivity contribution in [1.82, 2.24) is 4.90 Å². The molecule has 0 spiro atoms. The van der Waals surface area contributed by atoms with Crippen molar-refractivity contribution in [3.8, 4) is 23.0 Å². The summed E-state index contributed by atoms with van der Waals surface area (Å²) >= 11 is 0. The second-order valence-corrected chi connectivity index (χ2v) is 8.94. The average molecular weight is 472 g/mol. The first-order chi connectivity index (χ1) is 17.0. The Morgan fingerprint density at radius 1 is 1.00 bits per heavy atom. The van der Waals surface area contributed by atoms with Crippen LogP contribution in [0.4, 0.5) is 0 Å². The van der Waals surface area contributed by atoms with Gasteiger partial charge in [0, 0.05) is 13.1 Å². The number of nitrogens with zero attached hydrogens (tertiary/aromatic N) is 1. The van der Waals surface area contributed by atoms with Gasteiger partial charge in [-0.1, -0.05) is 30.3 Å². The van der Waals surface area contributed by atoms with Crippen LogP contribution >= 0.6 is 0 Å². The summed E-state index contributed by atoms with van der Waals surface area (Å²) in [6.07, 6.45) is 2.66. The van der Waals surface area contributed by atoms with Crippen LogP contribution in [0.2, 0.25) is 0 Å². The molecule has 180 valence electrons. The fourth-order valence-corrected chi connectivity index (χ4v) is 4.63. The molecule has 6 nitrogen and oxygen atoms in total. The molecule has 0 N–H and O–H groups in total. The quantitative estimate of drug-likeness (QED) is 0.453. The lowest BCUT2D eigenvalue weighted by atomic mass is 9.98. The van der Waals surface area contributed by atoms with Crippen molar-refractivity contribution in [3.63, 3.8) is 0 Å². The van der Waals surface area contributed by atoms with Crippen LogP contribution in [-0.2, 0) is 13.0 Å². The van der Waals surface area contributed by atoms with Crippen molar-refractivity contribution in [2.24, 2.45) is 0 Å². The van der Waals surface area contributed by atoms with Crippen LogP contribution in [-0.4, -0.2) is 38.2 Å². The maximum atomic E-state index is 13.3. The monoisotopic (exact) mass is 471 g/mol. The summed E-state index contributed by atoms with van der Waals surface area (Å²) in [4.78, 5) is 15.5. The highest BCUT2D eigenvalue weighted by atomic mass is 16.5. The van der Waals surface area contributed by atoms with Crippen LogP contribution in [0.1, 0.15) is 38.2 Å². The number of carbonyl (C=O) groups is 1. The zero-order valence-electron chi connectivity index (χ0n) is 20.5. The summed E-state index contributed by atoms with van der Waals surface area (Å²) in [6.45, 7) is 5.88. The number of methoxy groups -OCH3 is 2. The molecule has 0 radical (unpaired) electrons. The molecule has 0 aliphatic carbocycles. The molecule has 2 aliphatic heterocycles. The molecule has 0 unspecified atom stereocenters. The van der Waals surface area contributed by atoms with E-state index in [9.17, 15) is 4.79 Å². The Hall–Kier alpha value is -3.77. The number of carbonyl (C=O) groups excluding carboxylic acids is 1. The summed E-state index contributed by atoms with van der Waals surface area (Å²) < 4.78 is 23.1. The van der Waals surface area contributed by atoms with Crippen molar-refractivity contribution in [3.05, 3.63) is 87.7 Å². The number of benzene rings is 3. The summed E-state index contributed by atoms with van der Waals surface area (Å²) in [6, 6.07) is 15.9. The third-order valence-corrected chi connectivity index (χ3v) is 6.63. The number of hydrogen-bond acceptors (Lipinski definition) is 6. The molecular formula is C29H29NO5. The van der Waals surface area contributed by atoms with Gasteiger partial charge < -0.3 is 18.9 Å². The minimum atomic E-state index is -0.0778. The van der Waals surface area contributed by atoms with E-state index in [4.69, 9.17) is 18.9 Å². The van der Waals surface area contributed by atoms with Gasteiger partial charge in [-0.15, -0.1) is 0 Å². The van der Waals surface area contributed by atoms with Crippen LogP contribution in [0.3, 0.4) is 0 Å². The molecule has 0 saturated carbocycles. The van der Waals surface area contributed by atoms with E-state index in [1.807, 2.05) is 68.5 Å². The van der Waals surface area contributed by atoms with Gasteiger partial charge in [-0.3, -0.25) is 9.69 Å². The lowest BCUT2D eigenvalue weighted by Crippen LogP contribution is -2.34. The predicted octanol–water partition coefficient (Wildman–Crippen LogP) is 5.33. The van der Waals surface area contributed by atoms with Crippen molar-refractivity contribution < 1.29 is 23.7 Å². The normalized spacial score (nSPS) is 15.9. The predicted molar refractivity (Wildman–Crippen MR) is 134 cm³/mol. The molecule has 0 atom stereocenters. The number of Topliss-reactive ketones (excluding diaryl/α,β-unsaturated/α-hetero) is 1. The van der Waals surface area contributed by atoms with Gasteiger partial charge in [0.15, 0.2) is 17.3 Å². The van der Waals surface area contributed by atoms with E-state index in [-0.39, 0.29) is 5.78 Å². The number of fused-ring (bicyclic) bond motifs is 3. The molecule has 0 saturated heterocycles. The highest BCUT2D eigenvalue weighted by Gasteiger charge is 2.35. The Bertz CT molecular complexity index is 1330. The van der Waals surface area contributed by atoms with Gasteiger partial charge in [-0.25, -0.2) is 0 Å². The van der Waals surface area contributed by atoms with Gasteiger partial charge in [0.2, 0.25) is 5.78 Å². The number of ether oxygens (including phenoxy) is 4. The van der Waals surface area contributed by atoms with Crippen LogP contribution in [0, 0.1) is 13.8 Å². The minimum absolute atomic E-state index is 0.0778. The standard InChI is InChI=1S/C29H29NO5/c1-18-7-5-6-8-21(18)15-26-28(31)27-19(2)13-24-22(29(27)35-26)16-30(17-34-24)12-11-20-9-10-23(32-3)25(14-20)33-4/h5-10,13-15H,11-12,16-17H2,1-4H3/b26-15+. The number of ketones is 1. The second-order valence-electron chi connectivity index (χ2n) is 8.94. The fraction of sp³-hybridized carbons (Fsp3) is 0.276. The highest BCUT2D eigenvalue weighted by molar-refractivity contribution is 6.16. The summed E-state index contributed by atoms with van der Waals surface area (Å²) in [5.74, 6) is 3.13. The molecule has 3 aromatic carbocycles. The van der Waals surface area contributed by atoms with E-state index in [2.05, 4.69) is 4.90 Å². The molecule has 0 bridgehead atoms. The smallest absolute Gasteiger partial charge is 0.232 e. The third-order valence-electron chi connectivity index (χ3n) is 6.63. The highest BCUT2D eigenvalue weighted by Crippen LogP contribution is 2.44. The van der Waals surface area contributed by atoms with Crippen LogP contribution in [0.5, 0.6) is 23.0 Å². The summed E-state index contributed by atoms with van der Waals surface area (Å²) in [5, 5.41) is 0. The molecule has 5 rings (SSSR count). The summed E-state index contributed by atoms with van der Waals surface area (Å²) in [7, 11) is 3.28. The van der Waals surface area contributed by atoms with E-state index in [0.29, 0.717) is 36.1 Å². The fourth-order valence-electron chi connectivity index (χ4n) is 4.63. The Morgan fingerprint density at radius 3 is 2.57 bits per heavy atom. The Labute approximate surface area is 205 Å². The summed E-state index contributed by atoms with van der Waals surface area (Å²) in [5.41, 5.74) is 5.64. The zero-order valence-corrected chi connectivity index (χ0v) is 20.5. The molecule has 0 amide bonds. The lowest BCUT2D eigenvalue weighted by molar-refractivity contribution is 0.0949. The third kappa shape index (κ3) is 4.37. The van der Waals surface area contributed by atoms with Crippen LogP contribution in [0.25, 0.3) is 6.08 Å². The molecule has 3 aromatic rings. The first-order valence-electron chi connectivity index (χ1n) is 11.7. The van der Waals surface area contributed by atoms with E-state index in [1.54, 1.807) is 14.2 Å². The number of hydrogen-bond donors (Lipinski definition) is 0. The van der Waals surface area contributed by atoms with Crippen LogP contribution in [0.15, 0.2) is 54.3 Å². The maximum Gasteiger partial charge on any atom is 0.232 e. The molecular weight excluding hydrogens is 442 g/mol. The Balaban J connectivity index is 1.37. The van der Waals surface area contributed by atoms with Crippen LogP contribution < -0.4 is 18.9 Å². The molecule has 2 aliphatic rings. The molecule has 2 heterocycles. The van der Waals surface area contributed by atoms with Gasteiger partial charge in [0.1, 0.15) is 18.2 Å². The van der Waals surface area contributed by atoms with E-state index in [1.165, 1.54) is 0 Å². The topological polar surface area (TPSA) is 57.2 Å². The zero-order chi connectivity index (χ0) is 24.5. The van der Waals surface area contributed by atoms with E-state index < -0.39 is 0 Å². The van der Waals surface area contributed by atoms with Crippen molar-refractivity contribution in [2.45, 2.75) is 26.8 Å². The first-order valence-corrected chi connectivity index (χ1v) is 11.7. The van der Waals surface area contributed by atoms with Gasteiger partial charge in [-0.05, 0) is 66.8 Å². The minimum Gasteiger partial charge on any atom is -0.493 e. The number of rotatable bonds is 6. The van der Waals surface area contributed by atoms with Crippen molar-refractivity contribution in [2.75, 3.05) is 27.5 Å². The van der Waals surface area contributed by atoms with Gasteiger partial charge in [-0.2, -0.15) is 0 Å².